The first-order valence-electron chi connectivity index (χ1n) is 8.42. The van der Waals surface area contributed by atoms with Gasteiger partial charge < -0.3 is 20.1 Å². The first kappa shape index (κ1) is 17.8. The van der Waals surface area contributed by atoms with Crippen molar-refractivity contribution >= 4 is 17.5 Å². The van der Waals surface area contributed by atoms with E-state index in [4.69, 9.17) is 9.47 Å². The zero-order valence-electron chi connectivity index (χ0n) is 15.1. The van der Waals surface area contributed by atoms with Crippen molar-refractivity contribution in [1.29, 1.82) is 0 Å². The smallest absolute Gasteiger partial charge is 0.239 e. The van der Waals surface area contributed by atoms with Crippen molar-refractivity contribution < 1.29 is 19.1 Å². The lowest BCUT2D eigenvalue weighted by molar-refractivity contribution is -0.138. The van der Waals surface area contributed by atoms with Gasteiger partial charge in [-0.15, -0.1) is 0 Å². The summed E-state index contributed by atoms with van der Waals surface area (Å²) in [4.78, 5) is 25.2. The minimum Gasteiger partial charge on any atom is -0.454 e. The van der Waals surface area contributed by atoms with Gasteiger partial charge in [0.2, 0.25) is 18.6 Å². The summed E-state index contributed by atoms with van der Waals surface area (Å²) in [5.41, 5.74) is 1.45. The third-order valence-corrected chi connectivity index (χ3v) is 4.47. The number of hydrogen-bond acceptors (Lipinski definition) is 4. The van der Waals surface area contributed by atoms with Gasteiger partial charge in [0.05, 0.1) is 0 Å². The molecule has 2 amide bonds. The van der Waals surface area contributed by atoms with E-state index in [0.717, 1.165) is 11.1 Å². The summed E-state index contributed by atoms with van der Waals surface area (Å²) in [5, 5.41) is 5.61. The van der Waals surface area contributed by atoms with Gasteiger partial charge in [0.1, 0.15) is 5.41 Å². The van der Waals surface area contributed by atoms with Crippen LogP contribution in [0.2, 0.25) is 0 Å². The Bertz CT molecular complexity index is 845. The van der Waals surface area contributed by atoms with E-state index in [9.17, 15) is 9.59 Å². The molecule has 0 radical (unpaired) electrons. The lowest BCUT2D eigenvalue weighted by Crippen LogP contribution is -2.44. The maximum atomic E-state index is 12.6. The predicted molar refractivity (Wildman–Crippen MR) is 98.0 cm³/mol. The number of carbonyl (C=O) groups excluding carboxylic acids is 2. The van der Waals surface area contributed by atoms with Gasteiger partial charge in [-0.25, -0.2) is 0 Å². The van der Waals surface area contributed by atoms with Gasteiger partial charge in [-0.1, -0.05) is 24.3 Å². The molecule has 0 fully saturated rings. The van der Waals surface area contributed by atoms with Gasteiger partial charge in [-0.3, -0.25) is 9.59 Å². The average Bonchev–Trinajstić information content (AvgIpc) is 3.08. The molecule has 3 rings (SSSR count). The molecular weight excluding hydrogens is 332 g/mol. The van der Waals surface area contributed by atoms with E-state index in [1.54, 1.807) is 32.0 Å². The van der Waals surface area contributed by atoms with Crippen LogP contribution in [0, 0.1) is 12.3 Å². The van der Waals surface area contributed by atoms with E-state index in [1.165, 1.54) is 0 Å². The molecular formula is C20H22N2O4. The molecule has 0 saturated heterocycles. The van der Waals surface area contributed by atoms with Crippen molar-refractivity contribution in [1.82, 2.24) is 5.32 Å². The largest absolute Gasteiger partial charge is 0.454 e. The summed E-state index contributed by atoms with van der Waals surface area (Å²) in [6.07, 6.45) is 0. The maximum Gasteiger partial charge on any atom is 0.239 e. The van der Waals surface area contributed by atoms with E-state index in [-0.39, 0.29) is 12.7 Å². The van der Waals surface area contributed by atoms with Crippen LogP contribution in [0.4, 0.5) is 5.69 Å². The second kappa shape index (κ2) is 7.07. The molecule has 6 heteroatoms. The van der Waals surface area contributed by atoms with Crippen molar-refractivity contribution in [3.8, 4) is 11.5 Å². The van der Waals surface area contributed by atoms with Crippen LogP contribution in [-0.4, -0.2) is 18.6 Å². The summed E-state index contributed by atoms with van der Waals surface area (Å²) in [6.45, 7) is 5.73. The molecule has 0 unspecified atom stereocenters. The van der Waals surface area contributed by atoms with Crippen LogP contribution in [-0.2, 0) is 16.1 Å². The Hall–Kier alpha value is -3.02. The Labute approximate surface area is 152 Å². The molecule has 1 aliphatic rings. The fraction of sp³-hybridized carbons (Fsp3) is 0.300. The Balaban J connectivity index is 1.63. The van der Waals surface area contributed by atoms with Crippen LogP contribution in [0.25, 0.3) is 0 Å². The fourth-order valence-electron chi connectivity index (χ4n) is 2.57. The molecule has 2 aromatic carbocycles. The highest BCUT2D eigenvalue weighted by Gasteiger charge is 2.36. The summed E-state index contributed by atoms with van der Waals surface area (Å²) in [7, 11) is 0. The molecule has 0 atom stereocenters. The van der Waals surface area contributed by atoms with Crippen molar-refractivity contribution in [3.63, 3.8) is 0 Å². The Morgan fingerprint density at radius 2 is 1.77 bits per heavy atom. The molecule has 1 aliphatic heterocycles. The standard InChI is InChI=1S/C20H22N2O4/c1-13-6-4-5-7-14(13)11-21-18(23)20(2,3)19(24)22-15-8-9-16-17(10-15)26-12-25-16/h4-10H,11-12H2,1-3H3,(H,21,23)(H,22,24). The molecule has 1 heterocycles. The summed E-state index contributed by atoms with van der Waals surface area (Å²) in [6, 6.07) is 12.9. The molecule has 0 spiro atoms. The molecule has 2 aromatic rings. The quantitative estimate of drug-likeness (QED) is 0.809. The third-order valence-electron chi connectivity index (χ3n) is 4.47. The molecule has 0 aliphatic carbocycles. The van der Waals surface area contributed by atoms with E-state index in [2.05, 4.69) is 10.6 Å². The average molecular weight is 354 g/mol. The van der Waals surface area contributed by atoms with Gasteiger partial charge in [-0.05, 0) is 44.0 Å². The number of nitrogens with one attached hydrogen (secondary N) is 2. The first-order chi connectivity index (χ1) is 12.4. The number of fused-ring (bicyclic) bond motifs is 1. The molecule has 26 heavy (non-hydrogen) atoms. The molecule has 0 saturated carbocycles. The Kier molecular flexibility index (Phi) is 4.84. The van der Waals surface area contributed by atoms with Gasteiger partial charge in [-0.2, -0.15) is 0 Å². The number of ether oxygens (including phenoxy) is 2. The number of aryl methyl sites for hydroxylation is 1. The highest BCUT2D eigenvalue weighted by atomic mass is 16.7. The third kappa shape index (κ3) is 3.64. The number of benzene rings is 2. The highest BCUT2D eigenvalue weighted by molar-refractivity contribution is 6.09. The van der Waals surface area contributed by atoms with E-state index < -0.39 is 11.3 Å². The minimum atomic E-state index is -1.22. The Morgan fingerprint density at radius 1 is 1.04 bits per heavy atom. The second-order valence-corrected chi connectivity index (χ2v) is 6.76. The van der Waals surface area contributed by atoms with Crippen molar-refractivity contribution in [2.24, 2.45) is 5.41 Å². The van der Waals surface area contributed by atoms with Crippen molar-refractivity contribution in [2.45, 2.75) is 27.3 Å². The van der Waals surface area contributed by atoms with Crippen LogP contribution < -0.4 is 20.1 Å². The van der Waals surface area contributed by atoms with Crippen LogP contribution >= 0.6 is 0 Å². The van der Waals surface area contributed by atoms with Gasteiger partial charge in [0.15, 0.2) is 11.5 Å². The molecule has 6 nitrogen and oxygen atoms in total. The fourth-order valence-corrected chi connectivity index (χ4v) is 2.57. The summed E-state index contributed by atoms with van der Waals surface area (Å²) < 4.78 is 10.5. The molecule has 0 bridgehead atoms. The zero-order valence-corrected chi connectivity index (χ0v) is 15.1. The van der Waals surface area contributed by atoms with Crippen LogP contribution in [0.15, 0.2) is 42.5 Å². The number of rotatable bonds is 5. The number of carbonyl (C=O) groups is 2. The van der Waals surface area contributed by atoms with Crippen molar-refractivity contribution in [3.05, 3.63) is 53.6 Å². The zero-order chi connectivity index (χ0) is 18.7. The normalized spacial score (nSPS) is 12.6. The summed E-state index contributed by atoms with van der Waals surface area (Å²) in [5.74, 6) is 0.487. The minimum absolute atomic E-state index is 0.166. The lowest BCUT2D eigenvalue weighted by atomic mass is 9.90. The molecule has 0 aromatic heterocycles. The maximum absolute atomic E-state index is 12.6. The van der Waals surface area contributed by atoms with E-state index >= 15 is 0 Å². The van der Waals surface area contributed by atoms with E-state index in [1.807, 2.05) is 31.2 Å². The molecule has 136 valence electrons. The molecule has 2 N–H and O–H groups in total. The van der Waals surface area contributed by atoms with Crippen molar-refractivity contribution in [2.75, 3.05) is 12.1 Å². The van der Waals surface area contributed by atoms with Crippen LogP contribution in [0.5, 0.6) is 11.5 Å². The number of anilines is 1. The highest BCUT2D eigenvalue weighted by Crippen LogP contribution is 2.34. The van der Waals surface area contributed by atoms with Gasteiger partial charge in [0.25, 0.3) is 0 Å². The number of hydrogen-bond donors (Lipinski definition) is 2. The Morgan fingerprint density at radius 3 is 2.54 bits per heavy atom. The van der Waals surface area contributed by atoms with Crippen LogP contribution in [0.1, 0.15) is 25.0 Å². The second-order valence-electron chi connectivity index (χ2n) is 6.76. The predicted octanol–water partition coefficient (Wildman–Crippen LogP) is 3.00. The topological polar surface area (TPSA) is 76.7 Å². The SMILES string of the molecule is Cc1ccccc1CNC(=O)C(C)(C)C(=O)Nc1ccc2c(c1)OCO2. The van der Waals surface area contributed by atoms with Gasteiger partial charge >= 0.3 is 0 Å². The van der Waals surface area contributed by atoms with E-state index in [0.29, 0.717) is 23.7 Å². The first-order valence-corrected chi connectivity index (χ1v) is 8.42. The monoisotopic (exact) mass is 354 g/mol. The summed E-state index contributed by atoms with van der Waals surface area (Å²) >= 11 is 0. The number of amides is 2. The lowest BCUT2D eigenvalue weighted by Gasteiger charge is -2.23. The van der Waals surface area contributed by atoms with Crippen LogP contribution in [0.3, 0.4) is 0 Å². The van der Waals surface area contributed by atoms with Gasteiger partial charge in [0, 0.05) is 18.3 Å².